The van der Waals surface area contributed by atoms with Gasteiger partial charge in [0.15, 0.2) is 0 Å². The van der Waals surface area contributed by atoms with Crippen molar-refractivity contribution < 1.29 is 19.1 Å². The fourth-order valence-corrected chi connectivity index (χ4v) is 2.49. The van der Waals surface area contributed by atoms with Gasteiger partial charge in [0.2, 0.25) is 11.8 Å². The van der Waals surface area contributed by atoms with Gasteiger partial charge in [-0.15, -0.1) is 0 Å². The molecule has 1 fully saturated rings. The van der Waals surface area contributed by atoms with Crippen LogP contribution in [0.25, 0.3) is 0 Å². The zero-order valence-corrected chi connectivity index (χ0v) is 17.0. The van der Waals surface area contributed by atoms with Crippen molar-refractivity contribution in [2.75, 3.05) is 46.3 Å². The lowest BCUT2D eigenvalue weighted by Crippen LogP contribution is -2.53. The predicted molar refractivity (Wildman–Crippen MR) is 99.8 cm³/mol. The predicted octanol–water partition coefficient (Wildman–Crippen LogP) is 0.912. The summed E-state index contributed by atoms with van der Waals surface area (Å²) in [4.78, 5) is 41.3. The lowest BCUT2D eigenvalue weighted by atomic mass is 10.2. The third-order valence-corrected chi connectivity index (χ3v) is 4.19. The molecule has 0 aliphatic carbocycles. The summed E-state index contributed by atoms with van der Waals surface area (Å²) >= 11 is 0. The molecule has 1 unspecified atom stereocenters. The quantitative estimate of drug-likeness (QED) is 0.752. The fourth-order valence-electron chi connectivity index (χ4n) is 2.49. The smallest absolute Gasteiger partial charge is 0.410 e. The minimum atomic E-state index is -0.587. The number of carbonyl (C=O) groups excluding carboxylic acids is 3. The van der Waals surface area contributed by atoms with Crippen molar-refractivity contribution in [2.45, 2.75) is 52.7 Å². The van der Waals surface area contributed by atoms with E-state index in [1.54, 1.807) is 32.7 Å². The van der Waals surface area contributed by atoms with Crippen molar-refractivity contribution in [3.05, 3.63) is 0 Å². The summed E-state index contributed by atoms with van der Waals surface area (Å²) in [5.41, 5.74) is -0.587. The summed E-state index contributed by atoms with van der Waals surface area (Å²) in [6.45, 7) is 12.1. The standard InChI is InChI=1S/C18H34N4O4/c1-7-14(2)19-15(23)12-21-8-10-22(11-9-21)16(24)13-20(6)17(25)26-18(3,4)5/h14H,7-13H2,1-6H3,(H,19,23). The van der Waals surface area contributed by atoms with Gasteiger partial charge in [-0.25, -0.2) is 4.79 Å². The molecule has 0 aromatic rings. The molecule has 0 aromatic heterocycles. The van der Waals surface area contributed by atoms with Crippen LogP contribution in [0.4, 0.5) is 4.79 Å². The Bertz CT molecular complexity index is 496. The Balaban J connectivity index is 2.37. The van der Waals surface area contributed by atoms with Crippen LogP contribution in [0.2, 0.25) is 0 Å². The number of nitrogens with zero attached hydrogens (tertiary/aromatic N) is 3. The van der Waals surface area contributed by atoms with Gasteiger partial charge in [-0.1, -0.05) is 6.92 Å². The van der Waals surface area contributed by atoms with E-state index in [-0.39, 0.29) is 24.4 Å². The van der Waals surface area contributed by atoms with E-state index in [0.717, 1.165) is 6.42 Å². The highest BCUT2D eigenvalue weighted by Gasteiger charge is 2.26. The van der Waals surface area contributed by atoms with Crippen LogP contribution >= 0.6 is 0 Å². The molecule has 26 heavy (non-hydrogen) atoms. The Morgan fingerprint density at radius 2 is 1.73 bits per heavy atom. The molecule has 0 saturated carbocycles. The number of amides is 3. The molecule has 0 aromatic carbocycles. The molecule has 1 saturated heterocycles. The highest BCUT2D eigenvalue weighted by atomic mass is 16.6. The van der Waals surface area contributed by atoms with Gasteiger partial charge in [0.05, 0.1) is 6.54 Å². The second kappa shape index (κ2) is 9.75. The van der Waals surface area contributed by atoms with Gasteiger partial charge in [-0.3, -0.25) is 14.5 Å². The molecule has 0 bridgehead atoms. The average molecular weight is 370 g/mol. The maximum atomic E-state index is 12.4. The number of hydrogen-bond donors (Lipinski definition) is 1. The summed E-state index contributed by atoms with van der Waals surface area (Å²) in [7, 11) is 1.56. The average Bonchev–Trinajstić information content (AvgIpc) is 2.53. The van der Waals surface area contributed by atoms with E-state index in [2.05, 4.69) is 5.32 Å². The van der Waals surface area contributed by atoms with Crippen LogP contribution in [0.3, 0.4) is 0 Å². The first kappa shape index (κ1) is 22.2. The number of carbonyl (C=O) groups is 3. The molecular weight excluding hydrogens is 336 g/mol. The number of ether oxygens (including phenoxy) is 1. The van der Waals surface area contributed by atoms with Gasteiger partial charge < -0.3 is 19.9 Å². The van der Waals surface area contributed by atoms with Crippen LogP contribution in [0.15, 0.2) is 0 Å². The number of likely N-dealkylation sites (N-methyl/N-ethyl adjacent to an activating group) is 1. The number of rotatable bonds is 6. The van der Waals surface area contributed by atoms with Crippen LogP contribution in [0.1, 0.15) is 41.0 Å². The largest absolute Gasteiger partial charge is 0.444 e. The molecule has 1 heterocycles. The van der Waals surface area contributed by atoms with Crippen LogP contribution < -0.4 is 5.32 Å². The third-order valence-electron chi connectivity index (χ3n) is 4.19. The Morgan fingerprint density at radius 3 is 2.23 bits per heavy atom. The maximum Gasteiger partial charge on any atom is 0.410 e. The first-order valence-electron chi connectivity index (χ1n) is 9.25. The van der Waals surface area contributed by atoms with Crippen molar-refractivity contribution in [3.63, 3.8) is 0 Å². The van der Waals surface area contributed by atoms with Crippen molar-refractivity contribution in [2.24, 2.45) is 0 Å². The van der Waals surface area contributed by atoms with Crippen molar-refractivity contribution >= 4 is 17.9 Å². The molecule has 3 amide bonds. The third kappa shape index (κ3) is 8.03. The minimum Gasteiger partial charge on any atom is -0.444 e. The molecule has 150 valence electrons. The summed E-state index contributed by atoms with van der Waals surface area (Å²) < 4.78 is 5.25. The second-order valence-electron chi connectivity index (χ2n) is 7.87. The topological polar surface area (TPSA) is 82.2 Å². The van der Waals surface area contributed by atoms with Crippen molar-refractivity contribution in [3.8, 4) is 0 Å². The lowest BCUT2D eigenvalue weighted by molar-refractivity contribution is -0.134. The molecule has 1 N–H and O–H groups in total. The van der Waals surface area contributed by atoms with E-state index < -0.39 is 11.7 Å². The Labute approximate surface area is 156 Å². The summed E-state index contributed by atoms with van der Waals surface area (Å²) in [6, 6.07) is 0.175. The Morgan fingerprint density at radius 1 is 1.15 bits per heavy atom. The minimum absolute atomic E-state index is 0.0105. The van der Waals surface area contributed by atoms with E-state index in [4.69, 9.17) is 4.74 Å². The molecule has 1 aliphatic heterocycles. The molecule has 8 nitrogen and oxygen atoms in total. The summed E-state index contributed by atoms with van der Waals surface area (Å²) in [5, 5.41) is 2.95. The summed E-state index contributed by atoms with van der Waals surface area (Å²) in [6.07, 6.45) is 0.394. The molecule has 8 heteroatoms. The van der Waals surface area contributed by atoms with Crippen molar-refractivity contribution in [1.29, 1.82) is 0 Å². The first-order chi connectivity index (χ1) is 12.0. The van der Waals surface area contributed by atoms with Gasteiger partial charge >= 0.3 is 6.09 Å². The van der Waals surface area contributed by atoms with E-state index in [1.165, 1.54) is 4.90 Å². The molecule has 1 atom stereocenters. The molecule has 0 spiro atoms. The summed E-state index contributed by atoms with van der Waals surface area (Å²) in [5.74, 6) is -0.0918. The molecular formula is C18H34N4O4. The number of piperazine rings is 1. The van der Waals surface area contributed by atoms with Gasteiger partial charge in [0.25, 0.3) is 0 Å². The maximum absolute atomic E-state index is 12.4. The zero-order valence-electron chi connectivity index (χ0n) is 17.0. The Hall–Kier alpha value is -1.83. The number of nitrogens with one attached hydrogen (secondary N) is 1. The molecule has 1 aliphatic rings. The fraction of sp³-hybridized carbons (Fsp3) is 0.833. The highest BCUT2D eigenvalue weighted by molar-refractivity contribution is 5.82. The van der Waals surface area contributed by atoms with Gasteiger partial charge in [-0.05, 0) is 34.1 Å². The van der Waals surface area contributed by atoms with Gasteiger partial charge in [-0.2, -0.15) is 0 Å². The number of hydrogen-bond acceptors (Lipinski definition) is 5. The molecule has 1 rings (SSSR count). The second-order valence-corrected chi connectivity index (χ2v) is 7.87. The monoisotopic (exact) mass is 370 g/mol. The van der Waals surface area contributed by atoms with Crippen LogP contribution in [-0.4, -0.2) is 90.6 Å². The van der Waals surface area contributed by atoms with Crippen molar-refractivity contribution in [1.82, 2.24) is 20.0 Å². The normalized spacial score (nSPS) is 16.8. The van der Waals surface area contributed by atoms with E-state index in [0.29, 0.717) is 32.7 Å². The van der Waals surface area contributed by atoms with Gasteiger partial charge in [0, 0.05) is 39.3 Å². The van der Waals surface area contributed by atoms with Crippen LogP contribution in [0, 0.1) is 0 Å². The van der Waals surface area contributed by atoms with Crippen LogP contribution in [-0.2, 0) is 14.3 Å². The van der Waals surface area contributed by atoms with E-state index in [1.807, 2.05) is 18.7 Å². The lowest BCUT2D eigenvalue weighted by Gasteiger charge is -2.35. The molecule has 0 radical (unpaired) electrons. The van der Waals surface area contributed by atoms with Gasteiger partial charge in [0.1, 0.15) is 12.1 Å². The van der Waals surface area contributed by atoms with E-state index >= 15 is 0 Å². The highest BCUT2D eigenvalue weighted by Crippen LogP contribution is 2.09. The first-order valence-corrected chi connectivity index (χ1v) is 9.25. The zero-order chi connectivity index (χ0) is 19.9. The van der Waals surface area contributed by atoms with Crippen LogP contribution in [0.5, 0.6) is 0 Å². The van der Waals surface area contributed by atoms with E-state index in [9.17, 15) is 14.4 Å². The Kier molecular flexibility index (Phi) is 8.33. The SMILES string of the molecule is CCC(C)NC(=O)CN1CCN(C(=O)CN(C)C(=O)OC(C)(C)C)CC1.